The number of rotatable bonds is 7. The summed E-state index contributed by atoms with van der Waals surface area (Å²) in [6.45, 7) is 0.593. The van der Waals surface area contributed by atoms with Crippen molar-refractivity contribution >= 4 is 28.3 Å². The number of para-hydroxylation sites is 2. The lowest BCUT2D eigenvalue weighted by atomic mass is 10.2. The van der Waals surface area contributed by atoms with E-state index in [1.165, 1.54) is 12.1 Å². The van der Waals surface area contributed by atoms with Crippen LogP contribution in [0.1, 0.15) is 12.8 Å². The van der Waals surface area contributed by atoms with Crippen LogP contribution in [0.4, 0.5) is 11.4 Å². The van der Waals surface area contributed by atoms with Gasteiger partial charge in [0, 0.05) is 30.8 Å². The van der Waals surface area contributed by atoms with Crippen molar-refractivity contribution in [2.45, 2.75) is 12.8 Å². The Balaban J connectivity index is 1.44. The molecule has 0 radical (unpaired) electrons. The zero-order valence-corrected chi connectivity index (χ0v) is 13.4. The third-order valence-electron chi connectivity index (χ3n) is 3.69. The number of nitrogens with one attached hydrogen (secondary N) is 2. The number of nitro groups is 1. The summed E-state index contributed by atoms with van der Waals surface area (Å²) < 4.78 is 1.61. The first-order valence-corrected chi connectivity index (χ1v) is 7.84. The Morgan fingerprint density at radius 3 is 2.68 bits per heavy atom. The molecule has 0 spiro atoms. The Morgan fingerprint density at radius 2 is 1.92 bits per heavy atom. The molecule has 2 N–H and O–H groups in total. The SMILES string of the molecule is O=C(CCCNc1ccc([N+](=O)[O-])cc1)Nn1cnc2ccccc21. The van der Waals surface area contributed by atoms with Gasteiger partial charge in [0.25, 0.3) is 5.69 Å². The largest absolute Gasteiger partial charge is 0.385 e. The van der Waals surface area contributed by atoms with Gasteiger partial charge < -0.3 is 5.32 Å². The molecule has 2 aromatic carbocycles. The molecule has 0 saturated carbocycles. The maximum Gasteiger partial charge on any atom is 0.269 e. The number of amides is 1. The van der Waals surface area contributed by atoms with Gasteiger partial charge in [0.05, 0.1) is 16.0 Å². The molecule has 0 aliphatic rings. The number of hydrogen-bond donors (Lipinski definition) is 2. The van der Waals surface area contributed by atoms with E-state index in [1.807, 2.05) is 24.3 Å². The topological polar surface area (TPSA) is 102 Å². The number of nitrogens with zero attached hydrogens (tertiary/aromatic N) is 3. The summed E-state index contributed by atoms with van der Waals surface area (Å²) in [5.74, 6) is -0.103. The third kappa shape index (κ3) is 4.11. The highest BCUT2D eigenvalue weighted by Gasteiger charge is 2.06. The van der Waals surface area contributed by atoms with Gasteiger partial charge in [-0.05, 0) is 30.7 Å². The Hall–Kier alpha value is -3.42. The Kier molecular flexibility index (Phi) is 4.89. The van der Waals surface area contributed by atoms with Crippen LogP contribution in [0.5, 0.6) is 0 Å². The summed E-state index contributed by atoms with van der Waals surface area (Å²) >= 11 is 0. The molecule has 0 fully saturated rings. The van der Waals surface area contributed by atoms with Gasteiger partial charge >= 0.3 is 0 Å². The fourth-order valence-corrected chi connectivity index (χ4v) is 2.42. The maximum atomic E-state index is 12.0. The van der Waals surface area contributed by atoms with Gasteiger partial charge in [-0.3, -0.25) is 20.3 Å². The number of nitro benzene ring substituents is 1. The fourth-order valence-electron chi connectivity index (χ4n) is 2.42. The number of benzene rings is 2. The molecule has 8 heteroatoms. The third-order valence-corrected chi connectivity index (χ3v) is 3.69. The van der Waals surface area contributed by atoms with Crippen molar-refractivity contribution in [2.24, 2.45) is 0 Å². The molecule has 1 aromatic heterocycles. The van der Waals surface area contributed by atoms with Crippen molar-refractivity contribution in [3.05, 3.63) is 65.0 Å². The molecule has 25 heavy (non-hydrogen) atoms. The Bertz CT molecular complexity index is 889. The van der Waals surface area contributed by atoms with Crippen LogP contribution in [0, 0.1) is 10.1 Å². The van der Waals surface area contributed by atoms with Gasteiger partial charge in [0.1, 0.15) is 6.33 Å². The molecule has 0 saturated heterocycles. The summed E-state index contributed by atoms with van der Waals surface area (Å²) in [6, 6.07) is 13.7. The van der Waals surface area contributed by atoms with E-state index in [0.29, 0.717) is 19.4 Å². The second-order valence-corrected chi connectivity index (χ2v) is 5.47. The average molecular weight is 339 g/mol. The van der Waals surface area contributed by atoms with E-state index in [4.69, 9.17) is 0 Å². The summed E-state index contributed by atoms with van der Waals surface area (Å²) in [6.07, 6.45) is 2.57. The summed E-state index contributed by atoms with van der Waals surface area (Å²) in [5, 5.41) is 13.7. The van der Waals surface area contributed by atoms with E-state index >= 15 is 0 Å². The fraction of sp³-hybridized carbons (Fsp3) is 0.176. The predicted molar refractivity (Wildman–Crippen MR) is 94.9 cm³/mol. The smallest absolute Gasteiger partial charge is 0.269 e. The van der Waals surface area contributed by atoms with E-state index in [2.05, 4.69) is 15.7 Å². The molecule has 8 nitrogen and oxygen atoms in total. The van der Waals surface area contributed by atoms with Crippen molar-refractivity contribution in [3.8, 4) is 0 Å². The Morgan fingerprint density at radius 1 is 1.16 bits per heavy atom. The van der Waals surface area contributed by atoms with Gasteiger partial charge in [-0.1, -0.05) is 12.1 Å². The van der Waals surface area contributed by atoms with Gasteiger partial charge in [0.15, 0.2) is 0 Å². The van der Waals surface area contributed by atoms with Crippen LogP contribution in [0.3, 0.4) is 0 Å². The molecule has 3 rings (SSSR count). The monoisotopic (exact) mass is 339 g/mol. The molecule has 1 amide bonds. The number of non-ortho nitro benzene ring substituents is 1. The highest BCUT2D eigenvalue weighted by atomic mass is 16.6. The normalized spacial score (nSPS) is 10.6. The molecule has 0 aliphatic carbocycles. The van der Waals surface area contributed by atoms with Crippen LogP contribution in [-0.4, -0.2) is 27.0 Å². The predicted octanol–water partition coefficient (Wildman–Crippen LogP) is 2.91. The minimum absolute atomic E-state index is 0.0532. The molecule has 3 aromatic rings. The molecular formula is C17H17N5O3. The highest BCUT2D eigenvalue weighted by Crippen LogP contribution is 2.15. The van der Waals surface area contributed by atoms with E-state index in [9.17, 15) is 14.9 Å². The molecule has 0 unspecified atom stereocenters. The minimum Gasteiger partial charge on any atom is -0.385 e. The first-order valence-electron chi connectivity index (χ1n) is 7.84. The quantitative estimate of drug-likeness (QED) is 0.391. The molecule has 128 valence electrons. The van der Waals surface area contributed by atoms with Crippen LogP contribution in [0.25, 0.3) is 11.0 Å². The molecule has 1 heterocycles. The number of fused-ring (bicyclic) bond motifs is 1. The first kappa shape index (κ1) is 16.4. The highest BCUT2D eigenvalue weighted by molar-refractivity contribution is 5.86. The van der Waals surface area contributed by atoms with Crippen LogP contribution in [0.15, 0.2) is 54.9 Å². The van der Waals surface area contributed by atoms with Gasteiger partial charge in [-0.25, -0.2) is 9.66 Å². The van der Waals surface area contributed by atoms with Gasteiger partial charge in [0.2, 0.25) is 5.91 Å². The summed E-state index contributed by atoms with van der Waals surface area (Å²) in [4.78, 5) is 26.4. The van der Waals surface area contributed by atoms with Crippen molar-refractivity contribution < 1.29 is 9.72 Å². The lowest BCUT2D eigenvalue weighted by molar-refractivity contribution is -0.384. The van der Waals surface area contributed by atoms with Gasteiger partial charge in [-0.2, -0.15) is 0 Å². The van der Waals surface area contributed by atoms with Crippen molar-refractivity contribution in [3.63, 3.8) is 0 Å². The van der Waals surface area contributed by atoms with E-state index in [-0.39, 0.29) is 11.6 Å². The maximum absolute atomic E-state index is 12.0. The number of anilines is 1. The van der Waals surface area contributed by atoms with E-state index < -0.39 is 4.92 Å². The zero-order chi connectivity index (χ0) is 17.6. The number of aromatic nitrogens is 2. The summed E-state index contributed by atoms with van der Waals surface area (Å²) in [5.41, 5.74) is 5.30. The lowest BCUT2D eigenvalue weighted by Crippen LogP contribution is -2.22. The minimum atomic E-state index is -0.437. The number of carbonyl (C=O) groups is 1. The second kappa shape index (κ2) is 7.43. The molecule has 0 aliphatic heterocycles. The van der Waals surface area contributed by atoms with Crippen molar-refractivity contribution in [1.29, 1.82) is 0 Å². The molecular weight excluding hydrogens is 322 g/mol. The lowest BCUT2D eigenvalue weighted by Gasteiger charge is -2.08. The van der Waals surface area contributed by atoms with Crippen LogP contribution in [-0.2, 0) is 4.79 Å². The van der Waals surface area contributed by atoms with Crippen molar-refractivity contribution in [1.82, 2.24) is 9.66 Å². The van der Waals surface area contributed by atoms with Gasteiger partial charge in [-0.15, -0.1) is 0 Å². The summed E-state index contributed by atoms with van der Waals surface area (Å²) in [7, 11) is 0. The number of carbonyl (C=O) groups excluding carboxylic acids is 1. The van der Waals surface area contributed by atoms with Crippen LogP contribution < -0.4 is 10.7 Å². The molecule has 0 bridgehead atoms. The zero-order valence-electron chi connectivity index (χ0n) is 13.4. The standard InChI is InChI=1S/C17H17N5O3/c23-17(20-21-12-19-15-4-1-2-5-16(15)21)6-3-11-18-13-7-9-14(10-8-13)22(24)25/h1-2,4-5,7-10,12,18H,3,6,11H2,(H,20,23). The van der Waals surface area contributed by atoms with Crippen molar-refractivity contribution in [2.75, 3.05) is 17.3 Å². The number of hydrogen-bond acceptors (Lipinski definition) is 5. The second-order valence-electron chi connectivity index (χ2n) is 5.47. The number of imidazole rings is 1. The van der Waals surface area contributed by atoms with E-state index in [1.54, 1.807) is 23.1 Å². The Labute approximate surface area is 143 Å². The first-order chi connectivity index (χ1) is 12.1. The van der Waals surface area contributed by atoms with Crippen LogP contribution >= 0.6 is 0 Å². The average Bonchev–Trinajstić information content (AvgIpc) is 3.02. The van der Waals surface area contributed by atoms with Crippen LogP contribution in [0.2, 0.25) is 0 Å². The molecule has 0 atom stereocenters. The van der Waals surface area contributed by atoms with E-state index in [0.717, 1.165) is 16.7 Å².